The molecule has 3 aromatic rings. The van der Waals surface area contributed by atoms with Crippen molar-refractivity contribution in [2.75, 3.05) is 31.7 Å². The van der Waals surface area contributed by atoms with Gasteiger partial charge in [0.05, 0.1) is 47.1 Å². The molecule has 0 spiro atoms. The number of para-hydroxylation sites is 1. The average Bonchev–Trinajstić information content (AvgIpc) is 3.13. The number of ether oxygens (including phenoxy) is 1. The summed E-state index contributed by atoms with van der Waals surface area (Å²) in [7, 11) is -4.00. The number of hydrogen-bond donors (Lipinski definition) is 1. The number of rotatable bonds is 7. The molecule has 0 saturated carbocycles. The van der Waals surface area contributed by atoms with Crippen LogP contribution in [0.3, 0.4) is 0 Å². The third kappa shape index (κ3) is 4.69. The van der Waals surface area contributed by atoms with E-state index >= 15 is 0 Å². The summed E-state index contributed by atoms with van der Waals surface area (Å²) in [6.07, 6.45) is 1.56. The number of nitrogens with zero attached hydrogens (tertiary/aromatic N) is 5. The molecule has 12 heteroatoms. The molecule has 0 amide bonds. The first-order valence-electron chi connectivity index (χ1n) is 10.6. The second kappa shape index (κ2) is 9.71. The van der Waals surface area contributed by atoms with Gasteiger partial charge < -0.3 is 4.74 Å². The van der Waals surface area contributed by atoms with Gasteiger partial charge in [0.2, 0.25) is 10.0 Å². The van der Waals surface area contributed by atoms with Gasteiger partial charge in [-0.3, -0.25) is 15.5 Å². The number of anilines is 1. The Bertz CT molecular complexity index is 1330. The maximum Gasteiger partial charge on any atom is 0.270 e. The Morgan fingerprint density at radius 2 is 1.85 bits per heavy atom. The number of hydrazone groups is 1. The Balaban J connectivity index is 1.65. The molecule has 0 unspecified atom stereocenters. The third-order valence-electron chi connectivity index (χ3n) is 5.49. The summed E-state index contributed by atoms with van der Waals surface area (Å²) in [6.45, 7) is 4.64. The van der Waals surface area contributed by atoms with E-state index in [0.29, 0.717) is 0 Å². The molecule has 0 radical (unpaired) electrons. The molecule has 1 N–H and O–H groups in total. The second-order valence-corrected chi connectivity index (χ2v) is 9.56. The van der Waals surface area contributed by atoms with E-state index in [2.05, 4.69) is 15.6 Å². The van der Waals surface area contributed by atoms with Crippen LogP contribution >= 0.6 is 0 Å². The SMILES string of the molecule is Cc1nn(-c2ccccc2)c(C)c1C=NNc1ccc([N+](=O)[O-])cc1S(=O)(=O)N1CCOCC1. The van der Waals surface area contributed by atoms with Gasteiger partial charge in [-0.1, -0.05) is 18.2 Å². The fraction of sp³-hybridized carbons (Fsp3) is 0.273. The molecule has 0 aliphatic carbocycles. The zero-order valence-corrected chi connectivity index (χ0v) is 19.5. The lowest BCUT2D eigenvalue weighted by molar-refractivity contribution is -0.385. The van der Waals surface area contributed by atoms with Gasteiger partial charge in [0, 0.05) is 30.8 Å². The fourth-order valence-electron chi connectivity index (χ4n) is 3.68. The molecule has 1 saturated heterocycles. The number of non-ortho nitro benzene ring substituents is 1. The summed E-state index contributed by atoms with van der Waals surface area (Å²) in [5.74, 6) is 0. The number of sulfonamides is 1. The van der Waals surface area contributed by atoms with E-state index in [1.54, 1.807) is 10.9 Å². The zero-order chi connectivity index (χ0) is 24.3. The first-order valence-corrected chi connectivity index (χ1v) is 12.0. The summed E-state index contributed by atoms with van der Waals surface area (Å²) in [4.78, 5) is 10.4. The van der Waals surface area contributed by atoms with Gasteiger partial charge in [0.1, 0.15) is 4.90 Å². The van der Waals surface area contributed by atoms with Crippen molar-refractivity contribution >= 4 is 27.6 Å². The molecule has 34 heavy (non-hydrogen) atoms. The van der Waals surface area contributed by atoms with Gasteiger partial charge in [-0.05, 0) is 32.0 Å². The molecular weight excluding hydrogens is 460 g/mol. The van der Waals surface area contributed by atoms with Gasteiger partial charge in [-0.2, -0.15) is 14.5 Å². The smallest absolute Gasteiger partial charge is 0.270 e. The summed E-state index contributed by atoms with van der Waals surface area (Å²) in [6, 6.07) is 13.3. The Labute approximate surface area is 196 Å². The highest BCUT2D eigenvalue weighted by molar-refractivity contribution is 7.89. The fourth-order valence-corrected chi connectivity index (χ4v) is 5.25. The minimum Gasteiger partial charge on any atom is -0.379 e. The molecular formula is C22H24N6O5S. The van der Waals surface area contributed by atoms with Crippen molar-refractivity contribution in [2.45, 2.75) is 18.7 Å². The third-order valence-corrected chi connectivity index (χ3v) is 7.43. The number of benzene rings is 2. The van der Waals surface area contributed by atoms with Crippen molar-refractivity contribution in [3.63, 3.8) is 0 Å². The summed E-state index contributed by atoms with van der Waals surface area (Å²) >= 11 is 0. The van der Waals surface area contributed by atoms with Gasteiger partial charge in [-0.25, -0.2) is 13.1 Å². The van der Waals surface area contributed by atoms with Gasteiger partial charge in [0.25, 0.3) is 5.69 Å². The summed E-state index contributed by atoms with van der Waals surface area (Å²) < 4.78 is 34.7. The molecule has 178 valence electrons. The van der Waals surface area contributed by atoms with Gasteiger partial charge in [-0.15, -0.1) is 0 Å². The Kier molecular flexibility index (Phi) is 6.72. The highest BCUT2D eigenvalue weighted by Gasteiger charge is 2.30. The number of aryl methyl sites for hydroxylation is 1. The summed E-state index contributed by atoms with van der Waals surface area (Å²) in [5.41, 5.74) is 5.85. The molecule has 0 bridgehead atoms. The number of nitro groups is 1. The van der Waals surface area contributed by atoms with Crippen molar-refractivity contribution in [3.8, 4) is 5.69 Å². The zero-order valence-electron chi connectivity index (χ0n) is 18.7. The molecule has 1 aliphatic heterocycles. The largest absolute Gasteiger partial charge is 0.379 e. The molecule has 0 atom stereocenters. The van der Waals surface area contributed by atoms with Crippen LogP contribution in [0.5, 0.6) is 0 Å². The minimum atomic E-state index is -4.00. The van der Waals surface area contributed by atoms with Crippen LogP contribution in [0.25, 0.3) is 5.69 Å². The average molecular weight is 485 g/mol. The number of nitro benzene ring substituents is 1. The van der Waals surface area contributed by atoms with E-state index < -0.39 is 14.9 Å². The molecule has 1 aromatic heterocycles. The molecule has 4 rings (SSSR count). The van der Waals surface area contributed by atoms with E-state index in [-0.39, 0.29) is 42.6 Å². The second-order valence-electron chi connectivity index (χ2n) is 7.66. The highest BCUT2D eigenvalue weighted by atomic mass is 32.2. The van der Waals surface area contributed by atoms with Crippen molar-refractivity contribution in [1.29, 1.82) is 0 Å². The van der Waals surface area contributed by atoms with Gasteiger partial charge in [0.15, 0.2) is 0 Å². The Hall–Kier alpha value is -3.61. The maximum atomic E-state index is 13.2. The van der Waals surface area contributed by atoms with Crippen LogP contribution in [-0.2, 0) is 14.8 Å². The van der Waals surface area contributed by atoms with E-state index in [1.165, 1.54) is 16.4 Å². The topological polar surface area (TPSA) is 132 Å². The van der Waals surface area contributed by atoms with Crippen molar-refractivity contribution in [2.24, 2.45) is 5.10 Å². The predicted molar refractivity (Wildman–Crippen MR) is 127 cm³/mol. The number of hydrogen-bond acceptors (Lipinski definition) is 8. The number of morpholine rings is 1. The van der Waals surface area contributed by atoms with Crippen molar-refractivity contribution in [1.82, 2.24) is 14.1 Å². The predicted octanol–water partition coefficient (Wildman–Crippen LogP) is 2.86. The lowest BCUT2D eigenvalue weighted by Gasteiger charge is -2.26. The Morgan fingerprint density at radius 1 is 1.15 bits per heavy atom. The van der Waals surface area contributed by atoms with Crippen LogP contribution < -0.4 is 5.43 Å². The molecule has 11 nitrogen and oxygen atoms in total. The normalized spacial score (nSPS) is 15.0. The van der Waals surface area contributed by atoms with Crippen LogP contribution in [-0.4, -0.2) is 59.9 Å². The molecule has 1 fully saturated rings. The van der Waals surface area contributed by atoms with Crippen LogP contribution in [0.15, 0.2) is 58.5 Å². The molecule has 2 heterocycles. The Morgan fingerprint density at radius 3 is 2.53 bits per heavy atom. The van der Waals surface area contributed by atoms with Gasteiger partial charge >= 0.3 is 0 Å². The lowest BCUT2D eigenvalue weighted by Crippen LogP contribution is -2.40. The quantitative estimate of drug-likeness (QED) is 0.310. The van der Waals surface area contributed by atoms with E-state index in [4.69, 9.17) is 4.74 Å². The minimum absolute atomic E-state index is 0.138. The van der Waals surface area contributed by atoms with Crippen molar-refractivity contribution in [3.05, 3.63) is 75.6 Å². The van der Waals surface area contributed by atoms with E-state index in [0.717, 1.165) is 28.7 Å². The van der Waals surface area contributed by atoms with Crippen LogP contribution in [0.2, 0.25) is 0 Å². The van der Waals surface area contributed by atoms with Crippen LogP contribution in [0.1, 0.15) is 17.0 Å². The number of aromatic nitrogens is 2. The monoisotopic (exact) mass is 484 g/mol. The van der Waals surface area contributed by atoms with Crippen LogP contribution in [0.4, 0.5) is 11.4 Å². The first kappa shape index (κ1) is 23.5. The van der Waals surface area contributed by atoms with Crippen molar-refractivity contribution < 1.29 is 18.1 Å². The molecule has 2 aromatic carbocycles. The highest BCUT2D eigenvalue weighted by Crippen LogP contribution is 2.29. The van der Waals surface area contributed by atoms with E-state index in [1.807, 2.05) is 44.2 Å². The molecule has 1 aliphatic rings. The lowest BCUT2D eigenvalue weighted by atomic mass is 10.2. The number of nitrogens with one attached hydrogen (secondary N) is 1. The van der Waals surface area contributed by atoms with Crippen LogP contribution in [0, 0.1) is 24.0 Å². The van der Waals surface area contributed by atoms with E-state index in [9.17, 15) is 18.5 Å². The maximum absolute atomic E-state index is 13.2. The summed E-state index contributed by atoms with van der Waals surface area (Å²) in [5, 5.41) is 20.1. The first-order chi connectivity index (χ1) is 16.3. The standard InChI is InChI=1S/C22H24N6O5S/c1-16-20(17(2)27(25-16)18-6-4-3-5-7-18)15-23-24-21-9-8-19(28(29)30)14-22(21)34(31,32)26-10-12-33-13-11-26/h3-9,14-15,24H,10-13H2,1-2H3.